The third-order valence-corrected chi connectivity index (χ3v) is 5.25. The van der Waals surface area contributed by atoms with Gasteiger partial charge in [0.1, 0.15) is 12.7 Å². The van der Waals surface area contributed by atoms with Gasteiger partial charge in [0, 0.05) is 51.5 Å². The van der Waals surface area contributed by atoms with E-state index in [9.17, 15) is 5.11 Å². The van der Waals surface area contributed by atoms with Crippen LogP contribution < -0.4 is 9.47 Å². The molecule has 0 radical (unpaired) electrons. The van der Waals surface area contributed by atoms with Gasteiger partial charge in [0.05, 0.1) is 26.5 Å². The van der Waals surface area contributed by atoms with Gasteiger partial charge < -0.3 is 24.2 Å². The SMILES string of the molecule is COc1cccc(CN(C)CCc2cnn(C)c2)c1OC[C@@H](O)CN1CCOCC1. The Morgan fingerprint density at radius 2 is 2.10 bits per heavy atom. The number of rotatable bonds is 11. The Kier molecular flexibility index (Phi) is 8.50. The maximum Gasteiger partial charge on any atom is 0.165 e. The van der Waals surface area contributed by atoms with Gasteiger partial charge in [0.25, 0.3) is 0 Å². The van der Waals surface area contributed by atoms with Gasteiger partial charge in [0.15, 0.2) is 11.5 Å². The summed E-state index contributed by atoms with van der Waals surface area (Å²) in [5.74, 6) is 1.39. The normalized spacial score (nSPS) is 16.0. The summed E-state index contributed by atoms with van der Waals surface area (Å²) in [6, 6.07) is 5.91. The fraction of sp³-hybridized carbons (Fsp3) is 0.591. The first-order valence-electron chi connectivity index (χ1n) is 10.5. The van der Waals surface area contributed by atoms with E-state index in [1.54, 1.807) is 7.11 Å². The molecule has 0 aliphatic carbocycles. The molecule has 2 heterocycles. The Bertz CT molecular complexity index is 776. The molecule has 1 aliphatic heterocycles. The van der Waals surface area contributed by atoms with Crippen molar-refractivity contribution < 1.29 is 19.3 Å². The van der Waals surface area contributed by atoms with Crippen molar-refractivity contribution in [3.63, 3.8) is 0 Å². The molecule has 0 saturated carbocycles. The second-order valence-corrected chi connectivity index (χ2v) is 7.84. The maximum absolute atomic E-state index is 10.4. The molecule has 0 unspecified atom stereocenters. The summed E-state index contributed by atoms with van der Waals surface area (Å²) in [4.78, 5) is 4.45. The second-order valence-electron chi connectivity index (χ2n) is 7.84. The van der Waals surface area contributed by atoms with Crippen molar-refractivity contribution in [2.45, 2.75) is 19.1 Å². The standard InChI is InChI=1S/C22H34N4O4/c1-24(8-7-18-13-23-25(2)14-18)15-19-5-4-6-21(28-3)22(19)30-17-20(27)16-26-9-11-29-12-10-26/h4-6,13-14,20,27H,7-12,15-17H2,1-3H3/t20-/m0/s1. The molecule has 1 fully saturated rings. The number of aromatic nitrogens is 2. The average Bonchev–Trinajstić information content (AvgIpc) is 3.17. The van der Waals surface area contributed by atoms with Gasteiger partial charge in [-0.3, -0.25) is 9.58 Å². The number of ether oxygens (including phenoxy) is 3. The van der Waals surface area contributed by atoms with Gasteiger partial charge in [-0.1, -0.05) is 12.1 Å². The molecular formula is C22H34N4O4. The first kappa shape index (κ1) is 22.6. The lowest BCUT2D eigenvalue weighted by Crippen LogP contribution is -2.42. The van der Waals surface area contributed by atoms with E-state index in [1.807, 2.05) is 42.3 Å². The smallest absolute Gasteiger partial charge is 0.165 e. The van der Waals surface area contributed by atoms with E-state index in [0.717, 1.165) is 51.4 Å². The number of hydrogen-bond acceptors (Lipinski definition) is 7. The van der Waals surface area contributed by atoms with E-state index >= 15 is 0 Å². The Hall–Kier alpha value is -2.13. The zero-order chi connectivity index (χ0) is 21.3. The minimum Gasteiger partial charge on any atom is -0.493 e. The van der Waals surface area contributed by atoms with Crippen molar-refractivity contribution in [1.29, 1.82) is 0 Å². The minimum atomic E-state index is -0.566. The highest BCUT2D eigenvalue weighted by molar-refractivity contribution is 5.46. The highest BCUT2D eigenvalue weighted by Gasteiger charge is 2.18. The van der Waals surface area contributed by atoms with Crippen molar-refractivity contribution in [2.24, 2.45) is 7.05 Å². The van der Waals surface area contributed by atoms with Crippen LogP contribution in [-0.4, -0.2) is 90.9 Å². The summed E-state index contributed by atoms with van der Waals surface area (Å²) in [6.45, 7) is 5.57. The number of hydrogen-bond donors (Lipinski definition) is 1. The Morgan fingerprint density at radius 1 is 1.30 bits per heavy atom. The number of β-amino-alcohol motifs (C(OH)–C–C–N with tert-alkyl or cyclic N) is 1. The van der Waals surface area contributed by atoms with Crippen LogP contribution >= 0.6 is 0 Å². The lowest BCUT2D eigenvalue weighted by Gasteiger charge is -2.28. The van der Waals surface area contributed by atoms with Crippen LogP contribution in [0.4, 0.5) is 0 Å². The van der Waals surface area contributed by atoms with Gasteiger partial charge in [-0.05, 0) is 25.1 Å². The predicted molar refractivity (Wildman–Crippen MR) is 115 cm³/mol. The summed E-state index contributed by atoms with van der Waals surface area (Å²) >= 11 is 0. The minimum absolute atomic E-state index is 0.226. The van der Waals surface area contributed by atoms with E-state index in [4.69, 9.17) is 14.2 Å². The van der Waals surface area contributed by atoms with Crippen LogP contribution in [-0.2, 0) is 24.8 Å². The molecular weight excluding hydrogens is 384 g/mol. The zero-order valence-electron chi connectivity index (χ0n) is 18.3. The third kappa shape index (κ3) is 6.70. The van der Waals surface area contributed by atoms with Gasteiger partial charge in [-0.25, -0.2) is 0 Å². The van der Waals surface area contributed by atoms with Crippen LogP contribution in [0.2, 0.25) is 0 Å². The lowest BCUT2D eigenvalue weighted by molar-refractivity contribution is 0.00432. The molecule has 166 valence electrons. The van der Waals surface area contributed by atoms with Crippen LogP contribution in [0.25, 0.3) is 0 Å². The van der Waals surface area contributed by atoms with Crippen LogP contribution in [0.5, 0.6) is 11.5 Å². The van der Waals surface area contributed by atoms with E-state index in [1.165, 1.54) is 5.56 Å². The quantitative estimate of drug-likeness (QED) is 0.587. The topological polar surface area (TPSA) is 72.2 Å². The fourth-order valence-electron chi connectivity index (χ4n) is 3.62. The Morgan fingerprint density at radius 3 is 2.80 bits per heavy atom. The number of benzene rings is 1. The van der Waals surface area contributed by atoms with Crippen molar-refractivity contribution in [2.75, 3.05) is 60.2 Å². The molecule has 1 aliphatic rings. The Labute approximate surface area is 178 Å². The van der Waals surface area contributed by atoms with E-state index in [-0.39, 0.29) is 6.61 Å². The van der Waals surface area contributed by atoms with Crippen molar-refractivity contribution in [3.8, 4) is 11.5 Å². The number of methoxy groups -OCH3 is 1. The molecule has 30 heavy (non-hydrogen) atoms. The highest BCUT2D eigenvalue weighted by atomic mass is 16.5. The van der Waals surface area contributed by atoms with E-state index < -0.39 is 6.10 Å². The molecule has 0 amide bonds. The number of morpholine rings is 1. The predicted octanol–water partition coefficient (Wildman–Crippen LogP) is 1.18. The molecule has 8 nitrogen and oxygen atoms in total. The Balaban J connectivity index is 1.56. The number of aliphatic hydroxyl groups excluding tert-OH is 1. The van der Waals surface area contributed by atoms with E-state index in [0.29, 0.717) is 18.0 Å². The number of likely N-dealkylation sites (N-methyl/N-ethyl adjacent to an activating group) is 1. The number of para-hydroxylation sites is 1. The monoisotopic (exact) mass is 418 g/mol. The van der Waals surface area contributed by atoms with Gasteiger partial charge >= 0.3 is 0 Å². The maximum atomic E-state index is 10.4. The largest absolute Gasteiger partial charge is 0.493 e. The summed E-state index contributed by atoms with van der Waals surface area (Å²) in [6.07, 6.45) is 4.32. The van der Waals surface area contributed by atoms with Gasteiger partial charge in [-0.15, -0.1) is 0 Å². The summed E-state index contributed by atoms with van der Waals surface area (Å²) in [5, 5.41) is 14.7. The molecule has 8 heteroatoms. The zero-order valence-corrected chi connectivity index (χ0v) is 18.3. The molecule has 0 spiro atoms. The number of aryl methyl sites for hydroxylation is 1. The van der Waals surface area contributed by atoms with E-state index in [2.05, 4.69) is 21.9 Å². The fourth-order valence-corrected chi connectivity index (χ4v) is 3.62. The third-order valence-electron chi connectivity index (χ3n) is 5.25. The van der Waals surface area contributed by atoms with Gasteiger partial charge in [0.2, 0.25) is 0 Å². The molecule has 3 rings (SSSR count). The van der Waals surface area contributed by atoms with Crippen molar-refractivity contribution in [3.05, 3.63) is 41.7 Å². The average molecular weight is 419 g/mol. The molecule has 1 saturated heterocycles. The highest BCUT2D eigenvalue weighted by Crippen LogP contribution is 2.32. The lowest BCUT2D eigenvalue weighted by atomic mass is 10.1. The molecule has 1 aromatic carbocycles. The molecule has 0 bridgehead atoms. The molecule has 1 aromatic heterocycles. The second kappa shape index (κ2) is 11.3. The summed E-state index contributed by atoms with van der Waals surface area (Å²) < 4.78 is 18.8. The summed E-state index contributed by atoms with van der Waals surface area (Å²) in [7, 11) is 5.66. The molecule has 2 aromatic rings. The molecule has 1 atom stereocenters. The van der Waals surface area contributed by atoms with Gasteiger partial charge in [-0.2, -0.15) is 5.10 Å². The van der Waals surface area contributed by atoms with Crippen molar-refractivity contribution in [1.82, 2.24) is 19.6 Å². The first-order chi connectivity index (χ1) is 14.5. The van der Waals surface area contributed by atoms with Crippen LogP contribution in [0.3, 0.4) is 0 Å². The summed E-state index contributed by atoms with van der Waals surface area (Å²) in [5.41, 5.74) is 2.26. The number of aliphatic hydroxyl groups is 1. The number of nitrogens with zero attached hydrogens (tertiary/aromatic N) is 4. The van der Waals surface area contributed by atoms with Crippen LogP contribution in [0.15, 0.2) is 30.6 Å². The van der Waals surface area contributed by atoms with Crippen molar-refractivity contribution >= 4 is 0 Å². The first-order valence-corrected chi connectivity index (χ1v) is 10.5. The molecule has 1 N–H and O–H groups in total. The van der Waals surface area contributed by atoms with Crippen LogP contribution in [0, 0.1) is 0 Å². The van der Waals surface area contributed by atoms with Crippen LogP contribution in [0.1, 0.15) is 11.1 Å².